The molecular formula is C25H24N2O4. The van der Waals surface area contributed by atoms with Crippen LogP contribution in [0.25, 0.3) is 0 Å². The topological polar surface area (TPSA) is 67.9 Å². The Hall–Kier alpha value is -3.80. The van der Waals surface area contributed by atoms with Gasteiger partial charge in [0.05, 0.1) is 7.11 Å². The van der Waals surface area contributed by atoms with E-state index in [9.17, 15) is 9.59 Å². The minimum Gasteiger partial charge on any atom is -0.497 e. The van der Waals surface area contributed by atoms with E-state index < -0.39 is 0 Å². The Morgan fingerprint density at radius 3 is 2.55 bits per heavy atom. The Morgan fingerprint density at radius 2 is 1.74 bits per heavy atom. The lowest BCUT2D eigenvalue weighted by molar-refractivity contribution is -0.118. The van der Waals surface area contributed by atoms with Crippen LogP contribution in [-0.2, 0) is 17.8 Å². The Kier molecular flexibility index (Phi) is 6.17. The maximum absolute atomic E-state index is 12.8. The van der Waals surface area contributed by atoms with Crippen molar-refractivity contribution in [3.63, 3.8) is 0 Å². The third kappa shape index (κ3) is 5.04. The molecule has 3 aromatic carbocycles. The predicted molar refractivity (Wildman–Crippen MR) is 118 cm³/mol. The number of hydrogen-bond donors (Lipinski definition) is 1. The number of anilines is 1. The van der Waals surface area contributed by atoms with Gasteiger partial charge in [0.2, 0.25) is 0 Å². The molecule has 1 N–H and O–H groups in total. The van der Waals surface area contributed by atoms with Gasteiger partial charge in [-0.2, -0.15) is 0 Å². The fourth-order valence-corrected chi connectivity index (χ4v) is 3.61. The Labute approximate surface area is 181 Å². The van der Waals surface area contributed by atoms with Crippen molar-refractivity contribution in [1.29, 1.82) is 0 Å². The lowest BCUT2D eigenvalue weighted by atomic mass is 9.98. The van der Waals surface area contributed by atoms with Crippen LogP contribution in [0.2, 0.25) is 0 Å². The number of amides is 2. The average molecular weight is 416 g/mol. The van der Waals surface area contributed by atoms with Crippen molar-refractivity contribution in [3.8, 4) is 11.5 Å². The molecule has 0 saturated carbocycles. The second-order valence-electron chi connectivity index (χ2n) is 7.34. The first-order chi connectivity index (χ1) is 15.1. The van der Waals surface area contributed by atoms with Crippen LogP contribution in [-0.4, -0.2) is 37.0 Å². The SMILES string of the molecule is COc1cccc(OCC(=O)Nc2ccc3c(c2)CN(C(=O)c2ccccc2)CC3)c1. The smallest absolute Gasteiger partial charge is 0.262 e. The van der Waals surface area contributed by atoms with E-state index in [1.54, 1.807) is 25.3 Å². The van der Waals surface area contributed by atoms with Gasteiger partial charge in [0.25, 0.3) is 11.8 Å². The highest BCUT2D eigenvalue weighted by Crippen LogP contribution is 2.24. The highest BCUT2D eigenvalue weighted by Gasteiger charge is 2.22. The van der Waals surface area contributed by atoms with Crippen molar-refractivity contribution in [2.75, 3.05) is 25.6 Å². The first-order valence-corrected chi connectivity index (χ1v) is 10.2. The first-order valence-electron chi connectivity index (χ1n) is 10.2. The molecule has 0 bridgehead atoms. The fourth-order valence-electron chi connectivity index (χ4n) is 3.61. The number of carbonyl (C=O) groups excluding carboxylic acids is 2. The number of carbonyl (C=O) groups is 2. The summed E-state index contributed by atoms with van der Waals surface area (Å²) in [6, 6.07) is 22.2. The van der Waals surface area contributed by atoms with Crippen molar-refractivity contribution in [1.82, 2.24) is 4.90 Å². The van der Waals surface area contributed by atoms with Crippen LogP contribution >= 0.6 is 0 Å². The monoisotopic (exact) mass is 416 g/mol. The molecule has 0 unspecified atom stereocenters. The summed E-state index contributed by atoms with van der Waals surface area (Å²) in [7, 11) is 1.58. The number of fused-ring (bicyclic) bond motifs is 1. The molecule has 0 spiro atoms. The van der Waals surface area contributed by atoms with Crippen LogP contribution in [0.3, 0.4) is 0 Å². The standard InChI is InChI=1S/C25H24N2O4/c1-30-22-8-5-9-23(15-22)31-17-24(28)26-21-11-10-18-12-13-27(16-20(18)14-21)25(29)19-6-3-2-4-7-19/h2-11,14-15H,12-13,16-17H2,1H3,(H,26,28). The predicted octanol–water partition coefficient (Wildman–Crippen LogP) is 3.91. The van der Waals surface area contributed by atoms with Crippen LogP contribution in [0.5, 0.6) is 11.5 Å². The molecular weight excluding hydrogens is 392 g/mol. The van der Waals surface area contributed by atoms with Gasteiger partial charge in [-0.1, -0.05) is 30.3 Å². The summed E-state index contributed by atoms with van der Waals surface area (Å²) in [5, 5.41) is 2.87. The zero-order valence-corrected chi connectivity index (χ0v) is 17.3. The van der Waals surface area contributed by atoms with Crippen LogP contribution in [0.15, 0.2) is 72.8 Å². The van der Waals surface area contributed by atoms with Crippen molar-refractivity contribution in [2.24, 2.45) is 0 Å². The fraction of sp³-hybridized carbons (Fsp3) is 0.200. The maximum Gasteiger partial charge on any atom is 0.262 e. The number of nitrogens with one attached hydrogen (secondary N) is 1. The van der Waals surface area contributed by atoms with Crippen molar-refractivity contribution >= 4 is 17.5 Å². The summed E-state index contributed by atoms with van der Waals surface area (Å²) < 4.78 is 10.7. The van der Waals surface area contributed by atoms with E-state index in [1.165, 1.54) is 5.56 Å². The highest BCUT2D eigenvalue weighted by molar-refractivity contribution is 5.94. The van der Waals surface area contributed by atoms with Gasteiger partial charge < -0.3 is 19.7 Å². The van der Waals surface area contributed by atoms with Crippen LogP contribution in [0, 0.1) is 0 Å². The molecule has 0 radical (unpaired) electrons. The second-order valence-corrected chi connectivity index (χ2v) is 7.34. The normalized spacial score (nSPS) is 12.6. The summed E-state index contributed by atoms with van der Waals surface area (Å²) in [6.07, 6.45) is 0.793. The molecule has 1 heterocycles. The minimum atomic E-state index is -0.254. The summed E-state index contributed by atoms with van der Waals surface area (Å²) in [4.78, 5) is 26.9. The van der Waals surface area contributed by atoms with Crippen LogP contribution in [0.4, 0.5) is 5.69 Å². The van der Waals surface area contributed by atoms with E-state index in [2.05, 4.69) is 5.32 Å². The molecule has 0 atom stereocenters. The molecule has 6 heteroatoms. The average Bonchev–Trinajstić information content (AvgIpc) is 2.82. The lowest BCUT2D eigenvalue weighted by Gasteiger charge is -2.29. The van der Waals surface area contributed by atoms with E-state index in [0.29, 0.717) is 35.8 Å². The van der Waals surface area contributed by atoms with E-state index in [-0.39, 0.29) is 18.4 Å². The summed E-state index contributed by atoms with van der Waals surface area (Å²) in [5.41, 5.74) is 3.61. The molecule has 0 aromatic heterocycles. The molecule has 4 rings (SSSR count). The van der Waals surface area contributed by atoms with E-state index in [0.717, 1.165) is 12.0 Å². The van der Waals surface area contributed by atoms with Crippen molar-refractivity contribution in [2.45, 2.75) is 13.0 Å². The first kappa shape index (κ1) is 20.5. The minimum absolute atomic E-state index is 0.0207. The molecule has 3 aromatic rings. The third-order valence-electron chi connectivity index (χ3n) is 5.22. The van der Waals surface area contributed by atoms with Crippen LogP contribution in [0.1, 0.15) is 21.5 Å². The summed E-state index contributed by atoms with van der Waals surface area (Å²) in [5.74, 6) is 1.00. The van der Waals surface area contributed by atoms with E-state index in [1.807, 2.05) is 59.5 Å². The Morgan fingerprint density at radius 1 is 0.935 bits per heavy atom. The summed E-state index contributed by atoms with van der Waals surface area (Å²) in [6.45, 7) is 1.09. The number of methoxy groups -OCH3 is 1. The zero-order chi connectivity index (χ0) is 21.6. The molecule has 0 saturated heterocycles. The molecule has 0 aliphatic carbocycles. The summed E-state index contributed by atoms with van der Waals surface area (Å²) >= 11 is 0. The quantitative estimate of drug-likeness (QED) is 0.662. The lowest BCUT2D eigenvalue weighted by Crippen LogP contribution is -2.36. The van der Waals surface area contributed by atoms with Gasteiger partial charge in [-0.15, -0.1) is 0 Å². The number of nitrogens with zero attached hydrogens (tertiary/aromatic N) is 1. The largest absolute Gasteiger partial charge is 0.497 e. The molecule has 0 fully saturated rings. The number of rotatable bonds is 6. The van der Waals surface area contributed by atoms with Crippen molar-refractivity contribution in [3.05, 3.63) is 89.5 Å². The molecule has 31 heavy (non-hydrogen) atoms. The number of hydrogen-bond acceptors (Lipinski definition) is 4. The molecule has 6 nitrogen and oxygen atoms in total. The van der Waals surface area contributed by atoms with Gasteiger partial charge in [-0.05, 0) is 53.9 Å². The van der Waals surface area contributed by atoms with Gasteiger partial charge in [0, 0.05) is 30.4 Å². The van der Waals surface area contributed by atoms with Crippen molar-refractivity contribution < 1.29 is 19.1 Å². The highest BCUT2D eigenvalue weighted by atomic mass is 16.5. The van der Waals surface area contributed by atoms with Gasteiger partial charge >= 0.3 is 0 Å². The molecule has 2 amide bonds. The van der Waals surface area contributed by atoms with Gasteiger partial charge in [0.15, 0.2) is 6.61 Å². The van der Waals surface area contributed by atoms with Crippen LogP contribution < -0.4 is 14.8 Å². The molecule has 1 aliphatic rings. The molecule has 158 valence electrons. The van der Waals surface area contributed by atoms with E-state index in [4.69, 9.17) is 9.47 Å². The maximum atomic E-state index is 12.8. The van der Waals surface area contributed by atoms with Gasteiger partial charge in [0.1, 0.15) is 11.5 Å². The number of benzene rings is 3. The number of ether oxygens (including phenoxy) is 2. The van der Waals surface area contributed by atoms with E-state index >= 15 is 0 Å². The van der Waals surface area contributed by atoms with Gasteiger partial charge in [-0.3, -0.25) is 9.59 Å². The zero-order valence-electron chi connectivity index (χ0n) is 17.3. The Bertz CT molecular complexity index is 1080. The Balaban J connectivity index is 1.38. The second kappa shape index (κ2) is 9.34. The van der Waals surface area contributed by atoms with Gasteiger partial charge in [-0.25, -0.2) is 0 Å². The third-order valence-corrected chi connectivity index (χ3v) is 5.22. The molecule has 1 aliphatic heterocycles.